The number of para-hydroxylation sites is 1. The normalized spacial score (nSPS) is 18.2. The summed E-state index contributed by atoms with van der Waals surface area (Å²) in [5, 5.41) is 13.4. The number of β-amino-alcohol motifs (C(OH)–C–C–N with tert-alkyl or cyclic N) is 1. The standard InChI is InChI=1S/C15H24N2O2/c1-2-13-5-3-4-6-15(13)16-11-14(18)12-17-7-9-19-10-8-17/h3-6,14,16,18H,2,7-12H2,1H3. The Hall–Kier alpha value is -1.10. The summed E-state index contributed by atoms with van der Waals surface area (Å²) >= 11 is 0. The summed E-state index contributed by atoms with van der Waals surface area (Å²) in [4.78, 5) is 2.25. The Kier molecular flexibility index (Phi) is 5.63. The molecule has 106 valence electrons. The molecule has 1 fully saturated rings. The summed E-state index contributed by atoms with van der Waals surface area (Å²) in [6.45, 7) is 6.84. The number of hydrogen-bond acceptors (Lipinski definition) is 4. The maximum absolute atomic E-state index is 10.1. The quantitative estimate of drug-likeness (QED) is 0.814. The lowest BCUT2D eigenvalue weighted by Crippen LogP contribution is -2.42. The number of nitrogens with zero attached hydrogens (tertiary/aromatic N) is 1. The van der Waals surface area contributed by atoms with E-state index >= 15 is 0 Å². The van der Waals surface area contributed by atoms with Crippen molar-refractivity contribution < 1.29 is 9.84 Å². The second-order valence-corrected chi connectivity index (χ2v) is 4.96. The second-order valence-electron chi connectivity index (χ2n) is 4.96. The average molecular weight is 264 g/mol. The van der Waals surface area contributed by atoms with E-state index in [4.69, 9.17) is 4.74 Å². The number of aryl methyl sites for hydroxylation is 1. The van der Waals surface area contributed by atoms with E-state index in [9.17, 15) is 5.11 Å². The Labute approximate surface area is 115 Å². The highest BCUT2D eigenvalue weighted by Gasteiger charge is 2.14. The summed E-state index contributed by atoms with van der Waals surface area (Å²) in [5.74, 6) is 0. The Balaban J connectivity index is 1.77. The van der Waals surface area contributed by atoms with Gasteiger partial charge in [-0.25, -0.2) is 0 Å². The van der Waals surface area contributed by atoms with Crippen molar-refractivity contribution in [2.24, 2.45) is 0 Å². The van der Waals surface area contributed by atoms with Gasteiger partial charge in [-0.1, -0.05) is 25.1 Å². The van der Waals surface area contributed by atoms with Gasteiger partial charge in [0.1, 0.15) is 0 Å². The Morgan fingerprint density at radius 1 is 1.32 bits per heavy atom. The topological polar surface area (TPSA) is 44.7 Å². The maximum atomic E-state index is 10.1. The van der Waals surface area contributed by atoms with Crippen LogP contribution in [0.2, 0.25) is 0 Å². The molecular formula is C15H24N2O2. The number of benzene rings is 1. The number of morpholine rings is 1. The first kappa shape index (κ1) is 14.3. The highest BCUT2D eigenvalue weighted by Crippen LogP contribution is 2.15. The third kappa shape index (κ3) is 4.49. The number of aliphatic hydroxyl groups is 1. The minimum atomic E-state index is -0.344. The molecule has 0 spiro atoms. The van der Waals surface area contributed by atoms with E-state index in [-0.39, 0.29) is 6.10 Å². The van der Waals surface area contributed by atoms with Crippen molar-refractivity contribution >= 4 is 5.69 Å². The predicted octanol–water partition coefficient (Wildman–Crippen LogP) is 1.35. The third-order valence-corrected chi connectivity index (χ3v) is 3.50. The van der Waals surface area contributed by atoms with E-state index in [2.05, 4.69) is 29.3 Å². The van der Waals surface area contributed by atoms with E-state index in [1.165, 1.54) is 5.56 Å². The largest absolute Gasteiger partial charge is 0.390 e. The molecule has 1 heterocycles. The molecule has 2 rings (SSSR count). The van der Waals surface area contributed by atoms with Crippen LogP contribution in [0, 0.1) is 0 Å². The molecule has 1 saturated heterocycles. The lowest BCUT2D eigenvalue weighted by Gasteiger charge is -2.28. The molecule has 0 aliphatic carbocycles. The van der Waals surface area contributed by atoms with Gasteiger partial charge in [0.2, 0.25) is 0 Å². The minimum absolute atomic E-state index is 0.344. The van der Waals surface area contributed by atoms with Crippen molar-refractivity contribution in [2.45, 2.75) is 19.4 Å². The van der Waals surface area contributed by atoms with Gasteiger partial charge in [-0.2, -0.15) is 0 Å². The summed E-state index contributed by atoms with van der Waals surface area (Å²) in [6.07, 6.45) is 0.658. The zero-order chi connectivity index (χ0) is 13.5. The molecule has 1 unspecified atom stereocenters. The fraction of sp³-hybridized carbons (Fsp3) is 0.600. The van der Waals surface area contributed by atoms with Crippen LogP contribution in [-0.4, -0.2) is 55.5 Å². The van der Waals surface area contributed by atoms with E-state index in [0.29, 0.717) is 13.1 Å². The van der Waals surface area contributed by atoms with Gasteiger partial charge in [0.25, 0.3) is 0 Å². The summed E-state index contributed by atoms with van der Waals surface area (Å²) < 4.78 is 5.30. The molecule has 1 atom stereocenters. The predicted molar refractivity (Wildman–Crippen MR) is 77.6 cm³/mol. The molecule has 4 nitrogen and oxygen atoms in total. The molecule has 1 aromatic carbocycles. The summed E-state index contributed by atoms with van der Waals surface area (Å²) in [5.41, 5.74) is 2.42. The molecule has 0 bridgehead atoms. The van der Waals surface area contributed by atoms with Crippen LogP contribution in [-0.2, 0) is 11.2 Å². The maximum Gasteiger partial charge on any atom is 0.0839 e. The number of hydrogen-bond donors (Lipinski definition) is 2. The Morgan fingerprint density at radius 3 is 2.79 bits per heavy atom. The van der Waals surface area contributed by atoms with Crippen molar-refractivity contribution in [3.8, 4) is 0 Å². The highest BCUT2D eigenvalue weighted by atomic mass is 16.5. The summed E-state index contributed by atoms with van der Waals surface area (Å²) in [6, 6.07) is 8.26. The number of rotatable bonds is 6. The van der Waals surface area contributed by atoms with Gasteiger partial charge in [0.15, 0.2) is 0 Å². The van der Waals surface area contributed by atoms with Gasteiger partial charge in [0, 0.05) is 31.9 Å². The molecule has 0 amide bonds. The van der Waals surface area contributed by atoms with Crippen molar-refractivity contribution in [1.29, 1.82) is 0 Å². The smallest absolute Gasteiger partial charge is 0.0839 e. The molecule has 2 N–H and O–H groups in total. The van der Waals surface area contributed by atoms with Gasteiger partial charge >= 0.3 is 0 Å². The molecule has 0 saturated carbocycles. The fourth-order valence-electron chi connectivity index (χ4n) is 2.38. The summed E-state index contributed by atoms with van der Waals surface area (Å²) in [7, 11) is 0. The van der Waals surface area contributed by atoms with Gasteiger partial charge in [-0.3, -0.25) is 4.90 Å². The van der Waals surface area contributed by atoms with Crippen molar-refractivity contribution in [1.82, 2.24) is 4.90 Å². The van der Waals surface area contributed by atoms with Crippen molar-refractivity contribution in [2.75, 3.05) is 44.7 Å². The Morgan fingerprint density at radius 2 is 2.05 bits per heavy atom. The number of anilines is 1. The van der Waals surface area contributed by atoms with Gasteiger partial charge in [-0.15, -0.1) is 0 Å². The Bertz CT molecular complexity index is 378. The third-order valence-electron chi connectivity index (χ3n) is 3.50. The molecule has 19 heavy (non-hydrogen) atoms. The van der Waals surface area contributed by atoms with Crippen molar-refractivity contribution in [3.05, 3.63) is 29.8 Å². The van der Waals surface area contributed by atoms with Crippen LogP contribution < -0.4 is 5.32 Å². The van der Waals surface area contributed by atoms with Gasteiger partial charge in [-0.05, 0) is 18.1 Å². The fourth-order valence-corrected chi connectivity index (χ4v) is 2.38. The van der Waals surface area contributed by atoms with E-state index in [1.54, 1.807) is 0 Å². The molecule has 0 aromatic heterocycles. The van der Waals surface area contributed by atoms with Crippen molar-refractivity contribution in [3.63, 3.8) is 0 Å². The van der Waals surface area contributed by atoms with E-state index in [0.717, 1.165) is 38.4 Å². The lowest BCUT2D eigenvalue weighted by atomic mass is 10.1. The van der Waals surface area contributed by atoms with Crippen LogP contribution in [0.1, 0.15) is 12.5 Å². The van der Waals surface area contributed by atoms with Gasteiger partial charge < -0.3 is 15.2 Å². The molecular weight excluding hydrogens is 240 g/mol. The molecule has 1 aliphatic rings. The zero-order valence-corrected chi connectivity index (χ0v) is 11.6. The lowest BCUT2D eigenvalue weighted by molar-refractivity contribution is 0.0171. The monoisotopic (exact) mass is 264 g/mol. The number of aliphatic hydroxyl groups excluding tert-OH is 1. The molecule has 1 aromatic rings. The number of ether oxygens (including phenoxy) is 1. The zero-order valence-electron chi connectivity index (χ0n) is 11.6. The first-order chi connectivity index (χ1) is 9.29. The van der Waals surface area contributed by atoms with Crippen LogP contribution in [0.5, 0.6) is 0 Å². The molecule has 1 aliphatic heterocycles. The first-order valence-electron chi connectivity index (χ1n) is 7.09. The highest BCUT2D eigenvalue weighted by molar-refractivity contribution is 5.51. The van der Waals surface area contributed by atoms with Crippen LogP contribution in [0.15, 0.2) is 24.3 Å². The number of nitrogens with one attached hydrogen (secondary N) is 1. The van der Waals surface area contributed by atoms with E-state index in [1.807, 2.05) is 12.1 Å². The van der Waals surface area contributed by atoms with Crippen LogP contribution in [0.4, 0.5) is 5.69 Å². The van der Waals surface area contributed by atoms with Gasteiger partial charge in [0.05, 0.1) is 19.3 Å². The first-order valence-corrected chi connectivity index (χ1v) is 7.09. The SMILES string of the molecule is CCc1ccccc1NCC(O)CN1CCOCC1. The molecule has 0 radical (unpaired) electrons. The minimum Gasteiger partial charge on any atom is -0.390 e. The van der Waals surface area contributed by atoms with Crippen LogP contribution >= 0.6 is 0 Å². The molecule has 4 heteroatoms. The van der Waals surface area contributed by atoms with E-state index < -0.39 is 0 Å². The van der Waals surface area contributed by atoms with Crippen LogP contribution in [0.25, 0.3) is 0 Å². The van der Waals surface area contributed by atoms with Crippen LogP contribution in [0.3, 0.4) is 0 Å². The average Bonchev–Trinajstić information content (AvgIpc) is 2.46. The second kappa shape index (κ2) is 7.48.